The van der Waals surface area contributed by atoms with Crippen LogP contribution in [-0.4, -0.2) is 9.97 Å². The summed E-state index contributed by atoms with van der Waals surface area (Å²) in [7, 11) is 0. The lowest BCUT2D eigenvalue weighted by Gasteiger charge is -2.16. The number of hydrogen-bond acceptors (Lipinski definition) is 3. The molecule has 10 rings (SSSR count). The normalized spacial score (nSPS) is 11.7. The molecule has 0 saturated heterocycles. The zero-order valence-electron chi connectivity index (χ0n) is 26.5. The van der Waals surface area contributed by atoms with Gasteiger partial charge in [-0.25, -0.2) is 9.97 Å². The maximum Gasteiger partial charge on any atom is 0.160 e. The summed E-state index contributed by atoms with van der Waals surface area (Å²) in [5.41, 5.74) is 11.2. The van der Waals surface area contributed by atoms with E-state index < -0.39 is 0 Å². The van der Waals surface area contributed by atoms with Crippen molar-refractivity contribution in [2.24, 2.45) is 0 Å². The van der Waals surface area contributed by atoms with E-state index in [1.54, 1.807) is 0 Å². The van der Waals surface area contributed by atoms with Gasteiger partial charge in [0, 0.05) is 32.8 Å². The number of rotatable bonds is 5. The second-order valence-corrected chi connectivity index (χ2v) is 12.5. The van der Waals surface area contributed by atoms with Crippen LogP contribution in [-0.2, 0) is 0 Å². The molecule has 49 heavy (non-hydrogen) atoms. The molecule has 0 amide bonds. The van der Waals surface area contributed by atoms with Crippen LogP contribution >= 0.6 is 0 Å². The first kappa shape index (κ1) is 27.5. The Bertz CT molecular complexity index is 2820. The van der Waals surface area contributed by atoms with E-state index in [4.69, 9.17) is 14.4 Å². The molecular weight excluding hydrogens is 597 g/mol. The molecule has 0 radical (unpaired) electrons. The molecule has 3 nitrogen and oxygen atoms in total. The van der Waals surface area contributed by atoms with Crippen molar-refractivity contribution in [3.63, 3.8) is 0 Å². The molecule has 0 aliphatic carbocycles. The van der Waals surface area contributed by atoms with E-state index >= 15 is 0 Å². The Morgan fingerprint density at radius 1 is 0.327 bits per heavy atom. The summed E-state index contributed by atoms with van der Waals surface area (Å²) in [6, 6.07) is 59.5. The molecule has 0 aliphatic heterocycles. The van der Waals surface area contributed by atoms with Crippen molar-refractivity contribution in [1.82, 2.24) is 9.97 Å². The van der Waals surface area contributed by atoms with Gasteiger partial charge < -0.3 is 4.42 Å². The molecule has 0 atom stereocenters. The molecule has 0 N–H and O–H groups in total. The lowest BCUT2D eigenvalue weighted by molar-refractivity contribution is 0.669. The van der Waals surface area contributed by atoms with Crippen LogP contribution in [0, 0.1) is 0 Å². The number of nitrogens with zero attached hydrogens (tertiary/aromatic N) is 2. The first-order valence-electron chi connectivity index (χ1n) is 16.6. The lowest BCUT2D eigenvalue weighted by atomic mass is 9.87. The molecule has 0 aliphatic rings. The molecule has 2 aromatic heterocycles. The highest BCUT2D eigenvalue weighted by Gasteiger charge is 2.22. The van der Waals surface area contributed by atoms with Gasteiger partial charge in [-0.3, -0.25) is 0 Å². The molecule has 8 aromatic carbocycles. The highest BCUT2D eigenvalue weighted by Crippen LogP contribution is 2.47. The molecule has 0 unspecified atom stereocenters. The summed E-state index contributed by atoms with van der Waals surface area (Å²) in [5.74, 6) is 0.695. The predicted octanol–water partition coefficient (Wildman–Crippen LogP) is 12.5. The Kier molecular flexibility index (Phi) is 6.18. The van der Waals surface area contributed by atoms with Gasteiger partial charge in [-0.05, 0) is 68.7 Å². The largest absolute Gasteiger partial charge is 0.456 e. The summed E-state index contributed by atoms with van der Waals surface area (Å²) in [6.45, 7) is 0. The zero-order valence-corrected chi connectivity index (χ0v) is 26.5. The highest BCUT2D eigenvalue weighted by molar-refractivity contribution is 6.35. The average Bonchev–Trinajstić information content (AvgIpc) is 3.57. The summed E-state index contributed by atoms with van der Waals surface area (Å²) in [6.07, 6.45) is 0. The van der Waals surface area contributed by atoms with Gasteiger partial charge >= 0.3 is 0 Å². The van der Waals surface area contributed by atoms with Crippen molar-refractivity contribution in [3.05, 3.63) is 170 Å². The standard InChI is InChI=1S/C46H28N2O/c1-3-13-29(14-4-1)31-17-11-18-32(27-31)39-28-40(48-46(47-39)30-15-5-2-6-16-30)35-21-9-7-19-33(35)38-25-26-42-45-43(38)36-22-10-8-20-34(36)37-23-12-24-41(49-42)44(37)45/h1-28H. The molecule has 3 heteroatoms. The predicted molar refractivity (Wildman–Crippen MR) is 203 cm³/mol. The third-order valence-electron chi connectivity index (χ3n) is 9.67. The van der Waals surface area contributed by atoms with E-state index in [2.05, 4.69) is 146 Å². The van der Waals surface area contributed by atoms with Crippen LogP contribution in [0.5, 0.6) is 0 Å². The summed E-state index contributed by atoms with van der Waals surface area (Å²) in [4.78, 5) is 10.4. The smallest absolute Gasteiger partial charge is 0.160 e. The van der Waals surface area contributed by atoms with Gasteiger partial charge in [-0.15, -0.1) is 0 Å². The van der Waals surface area contributed by atoms with Crippen LogP contribution in [0.4, 0.5) is 0 Å². The minimum Gasteiger partial charge on any atom is -0.456 e. The van der Waals surface area contributed by atoms with E-state index in [0.717, 1.165) is 55.9 Å². The van der Waals surface area contributed by atoms with Crippen molar-refractivity contribution in [2.75, 3.05) is 0 Å². The van der Waals surface area contributed by atoms with E-state index in [0.29, 0.717) is 5.82 Å². The van der Waals surface area contributed by atoms with Gasteiger partial charge in [0.05, 0.1) is 11.4 Å². The Hall–Kier alpha value is -6.58. The molecule has 10 aromatic rings. The molecule has 0 spiro atoms. The van der Waals surface area contributed by atoms with Crippen molar-refractivity contribution in [3.8, 4) is 56.2 Å². The molecule has 2 heterocycles. The number of hydrogen-bond donors (Lipinski definition) is 0. The minimum absolute atomic E-state index is 0.695. The fourth-order valence-corrected chi connectivity index (χ4v) is 7.45. The van der Waals surface area contributed by atoms with Crippen molar-refractivity contribution >= 4 is 43.5 Å². The van der Waals surface area contributed by atoms with Gasteiger partial charge in [-0.1, -0.05) is 140 Å². The van der Waals surface area contributed by atoms with Crippen molar-refractivity contribution in [1.29, 1.82) is 0 Å². The minimum atomic E-state index is 0.695. The third-order valence-corrected chi connectivity index (χ3v) is 9.67. The highest BCUT2D eigenvalue weighted by atomic mass is 16.3. The van der Waals surface area contributed by atoms with Crippen LogP contribution in [0.25, 0.3) is 99.6 Å². The van der Waals surface area contributed by atoms with Crippen molar-refractivity contribution in [2.45, 2.75) is 0 Å². The fourth-order valence-electron chi connectivity index (χ4n) is 7.45. The van der Waals surface area contributed by atoms with Crippen LogP contribution in [0.1, 0.15) is 0 Å². The number of furan rings is 1. The molecule has 0 saturated carbocycles. The maximum absolute atomic E-state index is 6.44. The van der Waals surface area contributed by atoms with Gasteiger partial charge in [0.25, 0.3) is 0 Å². The van der Waals surface area contributed by atoms with Gasteiger partial charge in [-0.2, -0.15) is 0 Å². The monoisotopic (exact) mass is 624 g/mol. The van der Waals surface area contributed by atoms with Crippen LogP contribution in [0.2, 0.25) is 0 Å². The third kappa shape index (κ3) is 4.44. The quantitative estimate of drug-likeness (QED) is 0.179. The van der Waals surface area contributed by atoms with E-state index in [9.17, 15) is 0 Å². The Morgan fingerprint density at radius 3 is 1.76 bits per heavy atom. The van der Waals surface area contributed by atoms with E-state index in [-0.39, 0.29) is 0 Å². The molecule has 0 bridgehead atoms. The second-order valence-electron chi connectivity index (χ2n) is 12.5. The number of fused-ring (bicyclic) bond motifs is 3. The van der Waals surface area contributed by atoms with Gasteiger partial charge in [0.1, 0.15) is 11.2 Å². The van der Waals surface area contributed by atoms with Crippen LogP contribution in [0.15, 0.2) is 174 Å². The van der Waals surface area contributed by atoms with E-state index in [1.165, 1.54) is 37.9 Å². The fraction of sp³-hybridized carbons (Fsp3) is 0. The summed E-state index contributed by atoms with van der Waals surface area (Å²) < 4.78 is 6.44. The van der Waals surface area contributed by atoms with Gasteiger partial charge in [0.15, 0.2) is 5.82 Å². The second kappa shape index (κ2) is 11.0. The first-order chi connectivity index (χ1) is 24.3. The van der Waals surface area contributed by atoms with E-state index in [1.807, 2.05) is 24.3 Å². The molecule has 0 fully saturated rings. The number of aromatic nitrogens is 2. The van der Waals surface area contributed by atoms with Crippen LogP contribution in [0.3, 0.4) is 0 Å². The zero-order chi connectivity index (χ0) is 32.3. The summed E-state index contributed by atoms with van der Waals surface area (Å²) >= 11 is 0. The Morgan fingerprint density at radius 2 is 0.918 bits per heavy atom. The molecule has 228 valence electrons. The SMILES string of the molecule is c1ccc(-c2cccc(-c3cc(-c4ccccc4-c4ccc5oc6cccc7c8ccccc8c4c5c67)nc(-c4ccccc4)n3)c2)cc1. The topological polar surface area (TPSA) is 38.9 Å². The molecular formula is C46H28N2O. The first-order valence-corrected chi connectivity index (χ1v) is 16.6. The average molecular weight is 625 g/mol. The summed E-state index contributed by atoms with van der Waals surface area (Å²) in [5, 5.41) is 7.20. The van der Waals surface area contributed by atoms with Crippen molar-refractivity contribution < 1.29 is 4.42 Å². The lowest BCUT2D eigenvalue weighted by Crippen LogP contribution is -1.97. The number of benzene rings is 8. The maximum atomic E-state index is 6.44. The Labute approximate surface area is 283 Å². The van der Waals surface area contributed by atoms with Crippen LogP contribution < -0.4 is 0 Å². The van der Waals surface area contributed by atoms with Gasteiger partial charge in [0.2, 0.25) is 0 Å². The Balaban J connectivity index is 1.23.